The van der Waals surface area contributed by atoms with Gasteiger partial charge in [-0.1, -0.05) is 6.07 Å². The van der Waals surface area contributed by atoms with Crippen LogP contribution in [0.1, 0.15) is 60.6 Å². The van der Waals surface area contributed by atoms with Crippen molar-refractivity contribution in [2.45, 2.75) is 70.8 Å². The van der Waals surface area contributed by atoms with Crippen molar-refractivity contribution in [2.75, 3.05) is 0 Å². The maximum atomic E-state index is 12.6. The Hall–Kier alpha value is -0.790. The number of hydrogen-bond donors (Lipinski definition) is 1. The Kier molecular flexibility index (Phi) is 6.75. The third kappa shape index (κ3) is 6.61. The molecule has 0 fully saturated rings. The average molecular weight is 419 g/mol. The zero-order chi connectivity index (χ0) is 18.8. The predicted octanol–water partition coefficient (Wildman–Crippen LogP) is 3.84. The molecule has 7 heteroatoms. The second kappa shape index (κ2) is 7.62. The largest absolute Gasteiger partial charge is 0.460 e. The maximum Gasteiger partial charge on any atom is 0.308 e. The number of hydrogen-bond acceptors (Lipinski definition) is 4. The van der Waals surface area contributed by atoms with Gasteiger partial charge in [-0.05, 0) is 76.5 Å². The summed E-state index contributed by atoms with van der Waals surface area (Å²) in [6.45, 7) is 12.9. The number of carbonyl (C=O) groups excluding carboxylic acids is 1. The van der Waals surface area contributed by atoms with E-state index in [1.807, 2.05) is 60.6 Å². The van der Waals surface area contributed by atoms with E-state index in [0.29, 0.717) is 10.3 Å². The number of pyridine rings is 1. The van der Waals surface area contributed by atoms with Gasteiger partial charge in [-0.25, -0.2) is 13.9 Å². The van der Waals surface area contributed by atoms with Crippen LogP contribution in [0.5, 0.6) is 0 Å². The summed E-state index contributed by atoms with van der Waals surface area (Å²) in [5.41, 5.74) is -0.865. The lowest BCUT2D eigenvalue weighted by Crippen LogP contribution is -2.48. The number of rotatable bonds is 5. The van der Waals surface area contributed by atoms with Crippen LogP contribution in [0.25, 0.3) is 0 Å². The third-order valence-electron chi connectivity index (χ3n) is 3.07. The first-order chi connectivity index (χ1) is 10.7. The number of carbonyl (C=O) groups is 1. The minimum Gasteiger partial charge on any atom is -0.460 e. The highest BCUT2D eigenvalue weighted by Crippen LogP contribution is 2.28. The second-order valence-electron chi connectivity index (χ2n) is 7.92. The quantitative estimate of drug-likeness (QED) is 0.582. The number of halogens is 1. The van der Waals surface area contributed by atoms with Crippen molar-refractivity contribution in [1.29, 1.82) is 0 Å². The van der Waals surface area contributed by atoms with E-state index in [4.69, 9.17) is 4.74 Å². The topological polar surface area (TPSA) is 68.3 Å². The minimum atomic E-state index is -1.37. The number of ether oxygens (including phenoxy) is 1. The molecule has 0 aromatic carbocycles. The predicted molar refractivity (Wildman–Crippen MR) is 101 cm³/mol. The lowest BCUT2D eigenvalue weighted by molar-refractivity contribution is -0.156. The Morgan fingerprint density at radius 2 is 1.79 bits per heavy atom. The van der Waals surface area contributed by atoms with Crippen LogP contribution in [-0.2, 0) is 26.1 Å². The number of aromatic nitrogens is 1. The molecular weight excluding hydrogens is 392 g/mol. The zero-order valence-corrected chi connectivity index (χ0v) is 17.8. The molecule has 0 aliphatic heterocycles. The highest BCUT2D eigenvalue weighted by molar-refractivity contribution is 9.10. The van der Waals surface area contributed by atoms with Crippen molar-refractivity contribution < 1.29 is 13.7 Å². The monoisotopic (exact) mass is 418 g/mol. The van der Waals surface area contributed by atoms with Crippen molar-refractivity contribution in [3.05, 3.63) is 28.5 Å². The summed E-state index contributed by atoms with van der Waals surface area (Å²) in [5, 5.41) is 0. The van der Waals surface area contributed by atoms with Gasteiger partial charge in [0.15, 0.2) is 0 Å². The summed E-state index contributed by atoms with van der Waals surface area (Å²) in [7, 11) is -1.37. The molecule has 0 radical (unpaired) electrons. The van der Waals surface area contributed by atoms with Crippen molar-refractivity contribution in [3.8, 4) is 0 Å². The Balaban J connectivity index is 3.16. The Morgan fingerprint density at radius 3 is 2.25 bits per heavy atom. The van der Waals surface area contributed by atoms with E-state index < -0.39 is 26.9 Å². The molecule has 5 nitrogen and oxygen atoms in total. The van der Waals surface area contributed by atoms with Crippen molar-refractivity contribution in [2.24, 2.45) is 0 Å². The molecule has 0 saturated carbocycles. The van der Waals surface area contributed by atoms with Crippen LogP contribution in [0, 0.1) is 0 Å². The first-order valence-electron chi connectivity index (χ1n) is 7.77. The van der Waals surface area contributed by atoms with E-state index in [1.54, 1.807) is 6.07 Å². The van der Waals surface area contributed by atoms with Gasteiger partial charge in [0.1, 0.15) is 10.2 Å². The van der Waals surface area contributed by atoms with E-state index >= 15 is 0 Å². The van der Waals surface area contributed by atoms with E-state index in [0.717, 1.165) is 0 Å². The number of nitrogens with one attached hydrogen (secondary N) is 1. The molecule has 0 aliphatic rings. The Labute approximate surface area is 155 Å². The zero-order valence-electron chi connectivity index (χ0n) is 15.4. The molecule has 1 aromatic rings. The molecule has 0 spiro atoms. The molecule has 1 heterocycles. The molecule has 1 N–H and O–H groups in total. The highest BCUT2D eigenvalue weighted by atomic mass is 79.9. The first-order valence-corrected chi connectivity index (χ1v) is 9.72. The van der Waals surface area contributed by atoms with E-state index in [2.05, 4.69) is 25.6 Å². The van der Waals surface area contributed by atoms with Crippen LogP contribution in [0.3, 0.4) is 0 Å². The Bertz CT molecular complexity index is 623. The van der Waals surface area contributed by atoms with E-state index in [9.17, 15) is 9.00 Å². The lowest BCUT2D eigenvalue weighted by Gasteiger charge is -2.33. The fraction of sp³-hybridized carbons (Fsp3) is 0.647. The van der Waals surface area contributed by atoms with Gasteiger partial charge in [-0.2, -0.15) is 0 Å². The van der Waals surface area contributed by atoms with Crippen LogP contribution in [0.15, 0.2) is 22.8 Å². The molecule has 136 valence electrons. The standard InChI is InChI=1S/C17H27BrN2O3S/c1-15(2,3)23-14(21)11-17(7,20-24(22)16(4,5)6)12-9-8-10-13(18)19-12/h8-10,20H,11H2,1-7H3/t17-,24+/m0/s1. The summed E-state index contributed by atoms with van der Waals surface area (Å²) in [5.74, 6) is -0.370. The van der Waals surface area contributed by atoms with Gasteiger partial charge in [-0.3, -0.25) is 4.79 Å². The van der Waals surface area contributed by atoms with Crippen LogP contribution in [0.2, 0.25) is 0 Å². The van der Waals surface area contributed by atoms with Gasteiger partial charge in [-0.15, -0.1) is 0 Å². The fourth-order valence-corrected chi connectivity index (χ4v) is 3.15. The van der Waals surface area contributed by atoms with Crippen LogP contribution >= 0.6 is 15.9 Å². The Morgan fingerprint density at radius 1 is 1.21 bits per heavy atom. The summed E-state index contributed by atoms with van der Waals surface area (Å²) in [6.07, 6.45) is 0.0234. The van der Waals surface area contributed by atoms with Gasteiger partial charge in [0.25, 0.3) is 0 Å². The van der Waals surface area contributed by atoms with Gasteiger partial charge < -0.3 is 4.74 Å². The number of nitrogens with zero attached hydrogens (tertiary/aromatic N) is 1. The SMILES string of the molecule is CC(C)(C)OC(=O)C[C@](C)(N[S@](=O)C(C)(C)C)c1cccc(Br)n1. The van der Waals surface area contributed by atoms with Crippen LogP contribution in [-0.4, -0.2) is 25.5 Å². The summed E-state index contributed by atoms with van der Waals surface area (Å²) >= 11 is 3.34. The lowest BCUT2D eigenvalue weighted by atomic mass is 9.94. The first kappa shape index (κ1) is 21.3. The second-order valence-corrected chi connectivity index (χ2v) is 10.7. The van der Waals surface area contributed by atoms with Gasteiger partial charge in [0.05, 0.1) is 33.4 Å². The minimum absolute atomic E-state index is 0.0234. The third-order valence-corrected chi connectivity index (χ3v) is 5.26. The average Bonchev–Trinajstić information content (AvgIpc) is 2.34. The van der Waals surface area contributed by atoms with Crippen molar-refractivity contribution >= 4 is 32.9 Å². The van der Waals surface area contributed by atoms with Crippen LogP contribution < -0.4 is 4.72 Å². The van der Waals surface area contributed by atoms with E-state index in [1.165, 1.54) is 0 Å². The van der Waals surface area contributed by atoms with Crippen LogP contribution in [0.4, 0.5) is 0 Å². The van der Waals surface area contributed by atoms with Gasteiger partial charge in [0, 0.05) is 0 Å². The summed E-state index contributed by atoms with van der Waals surface area (Å²) in [4.78, 5) is 16.8. The summed E-state index contributed by atoms with van der Waals surface area (Å²) in [6, 6.07) is 5.45. The molecule has 2 atom stereocenters. The number of esters is 1. The maximum absolute atomic E-state index is 12.6. The van der Waals surface area contributed by atoms with Crippen molar-refractivity contribution in [1.82, 2.24) is 9.71 Å². The van der Waals surface area contributed by atoms with Gasteiger partial charge in [0.2, 0.25) is 0 Å². The molecular formula is C17H27BrN2O3S. The smallest absolute Gasteiger partial charge is 0.308 e. The molecule has 0 saturated heterocycles. The molecule has 1 rings (SSSR count). The molecule has 0 aliphatic carbocycles. The molecule has 0 bridgehead atoms. The summed E-state index contributed by atoms with van der Waals surface area (Å²) < 4.78 is 21.3. The molecule has 1 aromatic heterocycles. The fourth-order valence-electron chi connectivity index (χ4n) is 1.92. The molecule has 24 heavy (non-hydrogen) atoms. The molecule has 0 unspecified atom stereocenters. The van der Waals surface area contributed by atoms with Gasteiger partial charge >= 0.3 is 5.97 Å². The van der Waals surface area contributed by atoms with E-state index in [-0.39, 0.29) is 12.4 Å². The normalized spacial score (nSPS) is 16.3. The highest BCUT2D eigenvalue weighted by Gasteiger charge is 2.37. The molecule has 0 amide bonds. The van der Waals surface area contributed by atoms with Crippen molar-refractivity contribution in [3.63, 3.8) is 0 Å².